The average molecular weight is 271 g/mol. The first kappa shape index (κ1) is 13.0. The molecule has 20 heavy (non-hydrogen) atoms. The summed E-state index contributed by atoms with van der Waals surface area (Å²) >= 11 is 0. The first-order chi connectivity index (χ1) is 9.70. The van der Waals surface area contributed by atoms with Gasteiger partial charge in [0.15, 0.2) is 0 Å². The van der Waals surface area contributed by atoms with Crippen molar-refractivity contribution in [2.75, 3.05) is 12.3 Å². The molecule has 0 radical (unpaired) electrons. The average Bonchev–Trinajstić information content (AvgIpc) is 3.18. The summed E-state index contributed by atoms with van der Waals surface area (Å²) in [6.45, 7) is 3.01. The third-order valence-corrected chi connectivity index (χ3v) is 3.94. The number of anilines is 1. The molecule has 0 atom stereocenters. The van der Waals surface area contributed by atoms with Gasteiger partial charge in [-0.15, -0.1) is 0 Å². The van der Waals surface area contributed by atoms with Crippen LogP contribution in [0.2, 0.25) is 0 Å². The first-order valence-electron chi connectivity index (χ1n) is 7.38. The van der Waals surface area contributed by atoms with Gasteiger partial charge < -0.3 is 15.6 Å². The number of fused-ring (bicyclic) bond motifs is 1. The second-order valence-electron chi connectivity index (χ2n) is 5.59. The molecule has 1 aliphatic carbocycles. The highest BCUT2D eigenvalue weighted by atomic mass is 16.2. The maximum atomic E-state index is 12.8. The number of nitrogens with two attached hydrogens (primary N) is 1. The van der Waals surface area contributed by atoms with Crippen LogP contribution in [0, 0.1) is 0 Å². The predicted octanol–water partition coefficient (Wildman–Crippen LogP) is 3.15. The number of benzene rings is 1. The van der Waals surface area contributed by atoms with Crippen molar-refractivity contribution >= 4 is 22.5 Å². The third-order valence-electron chi connectivity index (χ3n) is 3.94. The molecule has 0 bridgehead atoms. The van der Waals surface area contributed by atoms with E-state index in [0.717, 1.165) is 48.7 Å². The van der Waals surface area contributed by atoms with E-state index in [-0.39, 0.29) is 5.91 Å². The van der Waals surface area contributed by atoms with Crippen LogP contribution >= 0.6 is 0 Å². The fourth-order valence-electron chi connectivity index (χ4n) is 2.63. The summed E-state index contributed by atoms with van der Waals surface area (Å²) in [5, 5.41) is 0.928. The van der Waals surface area contributed by atoms with Crippen LogP contribution in [0.15, 0.2) is 24.4 Å². The molecule has 0 spiro atoms. The van der Waals surface area contributed by atoms with Crippen molar-refractivity contribution in [3.05, 3.63) is 30.0 Å². The monoisotopic (exact) mass is 271 g/mol. The minimum absolute atomic E-state index is 0.137. The van der Waals surface area contributed by atoms with E-state index in [0.29, 0.717) is 11.7 Å². The van der Waals surface area contributed by atoms with Crippen LogP contribution in [0.3, 0.4) is 0 Å². The normalized spacial score (nSPS) is 14.7. The predicted molar refractivity (Wildman–Crippen MR) is 81.7 cm³/mol. The Morgan fingerprint density at radius 2 is 2.25 bits per heavy atom. The number of hydrogen-bond acceptors (Lipinski definition) is 2. The zero-order valence-electron chi connectivity index (χ0n) is 11.9. The highest BCUT2D eigenvalue weighted by Crippen LogP contribution is 2.30. The van der Waals surface area contributed by atoms with Crippen LogP contribution in [-0.2, 0) is 0 Å². The molecule has 4 heteroatoms. The minimum atomic E-state index is 0.137. The van der Waals surface area contributed by atoms with Crippen molar-refractivity contribution in [1.82, 2.24) is 9.88 Å². The lowest BCUT2D eigenvalue weighted by molar-refractivity contribution is 0.0743. The molecule has 1 saturated carbocycles. The zero-order chi connectivity index (χ0) is 14.1. The van der Waals surface area contributed by atoms with Gasteiger partial charge in [0.2, 0.25) is 0 Å². The minimum Gasteiger partial charge on any atom is -0.399 e. The number of aromatic amines is 1. The topological polar surface area (TPSA) is 62.1 Å². The largest absolute Gasteiger partial charge is 0.399 e. The zero-order valence-corrected chi connectivity index (χ0v) is 11.9. The summed E-state index contributed by atoms with van der Waals surface area (Å²) in [5.74, 6) is 0.137. The number of hydrogen-bond donors (Lipinski definition) is 2. The van der Waals surface area contributed by atoms with Crippen molar-refractivity contribution in [2.24, 2.45) is 0 Å². The van der Waals surface area contributed by atoms with Crippen molar-refractivity contribution in [2.45, 2.75) is 38.6 Å². The summed E-state index contributed by atoms with van der Waals surface area (Å²) < 4.78 is 0. The van der Waals surface area contributed by atoms with Gasteiger partial charge in [-0.05, 0) is 37.5 Å². The quantitative estimate of drug-likeness (QED) is 0.821. The Hall–Kier alpha value is -1.97. The Kier molecular flexibility index (Phi) is 3.38. The third kappa shape index (κ3) is 2.38. The Bertz CT molecular complexity index is 628. The van der Waals surface area contributed by atoms with E-state index in [1.807, 2.05) is 29.3 Å². The van der Waals surface area contributed by atoms with Crippen LogP contribution in [0.4, 0.5) is 5.69 Å². The Balaban J connectivity index is 1.92. The molecule has 4 nitrogen and oxygen atoms in total. The Morgan fingerprint density at radius 3 is 2.95 bits per heavy atom. The van der Waals surface area contributed by atoms with Crippen LogP contribution in [0.5, 0.6) is 0 Å². The maximum absolute atomic E-state index is 12.8. The summed E-state index contributed by atoms with van der Waals surface area (Å²) in [7, 11) is 0. The number of amides is 1. The molecule has 1 aromatic carbocycles. The number of nitrogens with one attached hydrogen (secondary N) is 1. The molecule has 1 heterocycles. The van der Waals surface area contributed by atoms with Gasteiger partial charge in [-0.1, -0.05) is 13.3 Å². The SMILES string of the molecule is CCCCN(C(=O)c1c[nH]c2ccc(N)cc12)C1CC1. The summed E-state index contributed by atoms with van der Waals surface area (Å²) in [5.41, 5.74) is 8.25. The van der Waals surface area contributed by atoms with Crippen molar-refractivity contribution in [3.63, 3.8) is 0 Å². The number of carbonyl (C=O) groups is 1. The molecular weight excluding hydrogens is 250 g/mol. The second-order valence-corrected chi connectivity index (χ2v) is 5.59. The van der Waals surface area contributed by atoms with Gasteiger partial charge in [-0.3, -0.25) is 4.79 Å². The van der Waals surface area contributed by atoms with E-state index in [9.17, 15) is 4.79 Å². The van der Waals surface area contributed by atoms with Crippen LogP contribution in [-0.4, -0.2) is 28.4 Å². The van der Waals surface area contributed by atoms with Gasteiger partial charge in [0.1, 0.15) is 0 Å². The number of H-pyrrole nitrogens is 1. The highest BCUT2D eigenvalue weighted by Gasteiger charge is 2.33. The Labute approximate surface area is 118 Å². The highest BCUT2D eigenvalue weighted by molar-refractivity contribution is 6.07. The van der Waals surface area contributed by atoms with E-state index in [1.165, 1.54) is 0 Å². The molecule has 0 saturated heterocycles. The summed E-state index contributed by atoms with van der Waals surface area (Å²) in [4.78, 5) is 18.0. The van der Waals surface area contributed by atoms with Crippen molar-refractivity contribution in [1.29, 1.82) is 0 Å². The Morgan fingerprint density at radius 1 is 1.45 bits per heavy atom. The van der Waals surface area contributed by atoms with Gasteiger partial charge in [-0.2, -0.15) is 0 Å². The summed E-state index contributed by atoms with van der Waals surface area (Å²) in [6.07, 6.45) is 6.26. The lowest BCUT2D eigenvalue weighted by Gasteiger charge is -2.22. The van der Waals surface area contributed by atoms with E-state index in [2.05, 4.69) is 11.9 Å². The fraction of sp³-hybridized carbons (Fsp3) is 0.438. The van der Waals surface area contributed by atoms with E-state index in [4.69, 9.17) is 5.73 Å². The fourth-order valence-corrected chi connectivity index (χ4v) is 2.63. The molecule has 0 unspecified atom stereocenters. The van der Waals surface area contributed by atoms with E-state index >= 15 is 0 Å². The van der Waals surface area contributed by atoms with Crippen LogP contribution in [0.25, 0.3) is 10.9 Å². The maximum Gasteiger partial charge on any atom is 0.256 e. The molecule has 106 valence electrons. The lowest BCUT2D eigenvalue weighted by atomic mass is 10.1. The van der Waals surface area contributed by atoms with Crippen molar-refractivity contribution < 1.29 is 4.79 Å². The molecule has 2 aromatic rings. The van der Waals surface area contributed by atoms with Crippen molar-refractivity contribution in [3.8, 4) is 0 Å². The number of rotatable bonds is 5. The van der Waals surface area contributed by atoms with Crippen LogP contribution < -0.4 is 5.73 Å². The van der Waals surface area contributed by atoms with Crippen LogP contribution in [0.1, 0.15) is 43.0 Å². The van der Waals surface area contributed by atoms with E-state index < -0.39 is 0 Å². The van der Waals surface area contributed by atoms with Gasteiger partial charge in [0.05, 0.1) is 5.56 Å². The molecule has 3 N–H and O–H groups in total. The standard InChI is InChI=1S/C16H21N3O/c1-2-3-8-19(12-5-6-12)16(20)14-10-18-15-7-4-11(17)9-13(14)15/h4,7,9-10,12,18H,2-3,5-6,8,17H2,1H3. The second kappa shape index (κ2) is 5.19. The smallest absolute Gasteiger partial charge is 0.256 e. The number of nitrogen functional groups attached to an aromatic ring is 1. The van der Waals surface area contributed by atoms with Gasteiger partial charge in [0, 0.05) is 35.4 Å². The van der Waals surface area contributed by atoms with Gasteiger partial charge >= 0.3 is 0 Å². The molecule has 1 amide bonds. The molecule has 1 aliphatic rings. The van der Waals surface area contributed by atoms with Gasteiger partial charge in [-0.25, -0.2) is 0 Å². The summed E-state index contributed by atoms with van der Waals surface area (Å²) in [6, 6.07) is 6.10. The number of nitrogens with zero attached hydrogens (tertiary/aromatic N) is 1. The lowest BCUT2D eigenvalue weighted by Crippen LogP contribution is -2.33. The number of carbonyl (C=O) groups excluding carboxylic acids is 1. The molecule has 1 fully saturated rings. The number of aromatic nitrogens is 1. The molecule has 3 rings (SSSR count). The first-order valence-corrected chi connectivity index (χ1v) is 7.38. The molecule has 0 aliphatic heterocycles. The van der Waals surface area contributed by atoms with Gasteiger partial charge in [0.25, 0.3) is 5.91 Å². The molecular formula is C16H21N3O. The number of unbranched alkanes of at least 4 members (excludes halogenated alkanes) is 1. The van der Waals surface area contributed by atoms with E-state index in [1.54, 1.807) is 0 Å². The molecule has 1 aromatic heterocycles.